The Morgan fingerprint density at radius 3 is 2.81 bits per heavy atom. The summed E-state index contributed by atoms with van der Waals surface area (Å²) in [5.74, 6) is 0. The Hall–Kier alpha value is -1.44. The average Bonchev–Trinajstić information content (AvgIpc) is 2.60. The van der Waals surface area contributed by atoms with Crippen molar-refractivity contribution in [2.45, 2.75) is 18.4 Å². The molecule has 0 aliphatic carbocycles. The lowest BCUT2D eigenvalue weighted by Crippen LogP contribution is -2.35. The van der Waals surface area contributed by atoms with E-state index >= 15 is 0 Å². The van der Waals surface area contributed by atoms with Gasteiger partial charge in [-0.25, -0.2) is 4.79 Å². The minimum atomic E-state index is -0.999. The average molecular weight is 227 g/mol. The van der Waals surface area contributed by atoms with Crippen molar-refractivity contribution in [3.05, 3.63) is 39.5 Å². The van der Waals surface area contributed by atoms with E-state index in [9.17, 15) is 14.7 Å². The number of hydrogen-bond acceptors (Lipinski definition) is 5. The van der Waals surface area contributed by atoms with Crippen LogP contribution in [0.15, 0.2) is 21.9 Å². The van der Waals surface area contributed by atoms with Crippen molar-refractivity contribution in [2.75, 3.05) is 6.61 Å². The first-order valence-corrected chi connectivity index (χ1v) is 4.72. The van der Waals surface area contributed by atoms with Gasteiger partial charge in [0.1, 0.15) is 6.10 Å². The van der Waals surface area contributed by atoms with E-state index in [-0.39, 0.29) is 6.61 Å². The zero-order valence-electron chi connectivity index (χ0n) is 8.24. The first-order valence-electron chi connectivity index (χ1n) is 4.72. The summed E-state index contributed by atoms with van der Waals surface area (Å²) in [6.07, 6.45) is 0.103. The molecular formula is C9H11N2O5. The molecule has 16 heavy (non-hydrogen) atoms. The fourth-order valence-corrected chi connectivity index (χ4v) is 1.58. The van der Waals surface area contributed by atoms with Crippen molar-refractivity contribution in [3.63, 3.8) is 0 Å². The summed E-state index contributed by atoms with van der Waals surface area (Å²) in [4.78, 5) is 24.3. The van der Waals surface area contributed by atoms with Crippen LogP contribution in [-0.4, -0.2) is 38.6 Å². The number of nitrogens with one attached hydrogen (secondary N) is 1. The van der Waals surface area contributed by atoms with Crippen LogP contribution in [0.4, 0.5) is 0 Å². The predicted octanol–water partition coefficient (Wildman–Crippen LogP) is -2.01. The van der Waals surface area contributed by atoms with Crippen LogP contribution >= 0.6 is 0 Å². The molecule has 0 amide bonds. The highest BCUT2D eigenvalue weighted by Crippen LogP contribution is 2.26. The van der Waals surface area contributed by atoms with Crippen molar-refractivity contribution in [2.24, 2.45) is 0 Å². The SMILES string of the molecule is O=c1ccn([C@@H]2O[C@@H](CO)[CH][C@H]2O)c(=O)[nH]1. The monoisotopic (exact) mass is 227 g/mol. The van der Waals surface area contributed by atoms with E-state index in [0.29, 0.717) is 0 Å². The van der Waals surface area contributed by atoms with Crippen LogP contribution in [0.1, 0.15) is 6.23 Å². The fourth-order valence-electron chi connectivity index (χ4n) is 1.58. The van der Waals surface area contributed by atoms with Gasteiger partial charge in [-0.3, -0.25) is 14.3 Å². The molecule has 1 radical (unpaired) electrons. The van der Waals surface area contributed by atoms with Crippen molar-refractivity contribution < 1.29 is 14.9 Å². The van der Waals surface area contributed by atoms with Gasteiger partial charge < -0.3 is 14.9 Å². The van der Waals surface area contributed by atoms with Gasteiger partial charge in [-0.15, -0.1) is 0 Å². The van der Waals surface area contributed by atoms with Crippen LogP contribution in [-0.2, 0) is 4.74 Å². The summed E-state index contributed by atoms with van der Waals surface area (Å²) in [5.41, 5.74) is -1.18. The standard InChI is InChI=1S/C9H11N2O5/c12-4-5-3-6(13)8(16-5)11-2-1-7(14)10-9(11)15/h1-3,5-6,8,12-13H,4H2,(H,10,14,15)/t5-,6-,8-/m1/s1. The molecule has 0 bridgehead atoms. The van der Waals surface area contributed by atoms with Gasteiger partial charge in [-0.05, 0) is 0 Å². The zero-order valence-corrected chi connectivity index (χ0v) is 8.24. The van der Waals surface area contributed by atoms with Crippen molar-refractivity contribution in [3.8, 4) is 0 Å². The summed E-state index contributed by atoms with van der Waals surface area (Å²) < 4.78 is 6.28. The van der Waals surface area contributed by atoms with E-state index in [1.807, 2.05) is 0 Å². The minimum absolute atomic E-state index is 0.272. The van der Waals surface area contributed by atoms with Crippen LogP contribution in [0.3, 0.4) is 0 Å². The number of ether oxygens (including phenoxy) is 1. The highest BCUT2D eigenvalue weighted by Gasteiger charge is 2.35. The van der Waals surface area contributed by atoms with Gasteiger partial charge in [0.2, 0.25) is 0 Å². The zero-order chi connectivity index (χ0) is 11.7. The van der Waals surface area contributed by atoms with Crippen LogP contribution in [0, 0.1) is 6.42 Å². The second-order valence-corrected chi connectivity index (χ2v) is 3.45. The van der Waals surface area contributed by atoms with Crippen molar-refractivity contribution in [1.82, 2.24) is 9.55 Å². The van der Waals surface area contributed by atoms with E-state index in [2.05, 4.69) is 4.98 Å². The molecule has 7 heteroatoms. The molecule has 2 heterocycles. The molecule has 87 valence electrons. The van der Waals surface area contributed by atoms with Crippen LogP contribution < -0.4 is 11.2 Å². The smallest absolute Gasteiger partial charge is 0.330 e. The van der Waals surface area contributed by atoms with Crippen molar-refractivity contribution >= 4 is 0 Å². The third-order valence-corrected chi connectivity index (χ3v) is 2.32. The third kappa shape index (κ3) is 1.92. The van der Waals surface area contributed by atoms with Crippen LogP contribution in [0.2, 0.25) is 0 Å². The number of rotatable bonds is 2. The summed E-state index contributed by atoms with van der Waals surface area (Å²) in [6.45, 7) is -0.272. The predicted molar refractivity (Wildman–Crippen MR) is 52.6 cm³/mol. The van der Waals surface area contributed by atoms with E-state index in [1.165, 1.54) is 12.6 Å². The van der Waals surface area contributed by atoms with E-state index in [4.69, 9.17) is 9.84 Å². The normalized spacial score (nSPS) is 29.5. The Morgan fingerprint density at radius 1 is 1.50 bits per heavy atom. The molecule has 1 saturated heterocycles. The van der Waals surface area contributed by atoms with Gasteiger partial charge in [0.05, 0.1) is 12.7 Å². The van der Waals surface area contributed by atoms with E-state index in [1.54, 1.807) is 0 Å². The minimum Gasteiger partial charge on any atom is -0.394 e. The number of aliphatic hydroxyl groups is 2. The van der Waals surface area contributed by atoms with E-state index in [0.717, 1.165) is 10.6 Å². The van der Waals surface area contributed by atoms with Gasteiger partial charge in [-0.1, -0.05) is 0 Å². The molecule has 7 nitrogen and oxygen atoms in total. The number of hydrogen-bond donors (Lipinski definition) is 3. The molecule has 1 aliphatic heterocycles. The second kappa shape index (κ2) is 4.20. The molecule has 2 rings (SSSR count). The lowest BCUT2D eigenvalue weighted by molar-refractivity contribution is -0.0528. The first-order chi connectivity index (χ1) is 7.61. The topological polar surface area (TPSA) is 105 Å². The molecule has 3 N–H and O–H groups in total. The van der Waals surface area contributed by atoms with Crippen LogP contribution in [0.5, 0.6) is 0 Å². The third-order valence-electron chi connectivity index (χ3n) is 2.32. The summed E-state index contributed by atoms with van der Waals surface area (Å²) in [5, 5.41) is 18.4. The summed E-state index contributed by atoms with van der Waals surface area (Å²) in [6, 6.07) is 1.16. The van der Waals surface area contributed by atoms with Gasteiger partial charge in [-0.2, -0.15) is 0 Å². The maximum absolute atomic E-state index is 11.4. The first kappa shape index (κ1) is 11.1. The number of aromatic nitrogens is 2. The molecule has 1 aliphatic rings. The number of aromatic amines is 1. The lowest BCUT2D eigenvalue weighted by Gasteiger charge is -2.16. The highest BCUT2D eigenvalue weighted by atomic mass is 16.5. The van der Waals surface area contributed by atoms with Crippen LogP contribution in [0.25, 0.3) is 0 Å². The number of nitrogens with zero attached hydrogens (tertiary/aromatic N) is 1. The van der Waals surface area contributed by atoms with Crippen molar-refractivity contribution in [1.29, 1.82) is 0 Å². The largest absolute Gasteiger partial charge is 0.394 e. The van der Waals surface area contributed by atoms with Gasteiger partial charge in [0.25, 0.3) is 5.56 Å². The lowest BCUT2D eigenvalue weighted by atomic mass is 10.2. The number of aliphatic hydroxyl groups excluding tert-OH is 2. The van der Waals surface area contributed by atoms with Gasteiger partial charge in [0, 0.05) is 18.7 Å². The quantitative estimate of drug-likeness (QED) is 0.541. The molecule has 1 aromatic heterocycles. The molecule has 3 atom stereocenters. The summed E-state index contributed by atoms with van der Waals surface area (Å²) >= 11 is 0. The Labute approximate surface area is 89.9 Å². The Kier molecular flexibility index (Phi) is 2.90. The maximum atomic E-state index is 11.4. The Bertz CT molecular complexity index is 479. The maximum Gasteiger partial charge on any atom is 0.330 e. The Balaban J connectivity index is 2.31. The molecule has 1 aromatic rings. The molecule has 0 unspecified atom stereocenters. The number of H-pyrrole nitrogens is 1. The molecule has 0 aromatic carbocycles. The van der Waals surface area contributed by atoms with Gasteiger partial charge in [0.15, 0.2) is 6.23 Å². The fraction of sp³-hybridized carbons (Fsp3) is 0.444. The molecular weight excluding hydrogens is 216 g/mol. The highest BCUT2D eigenvalue weighted by molar-refractivity contribution is 4.97. The second-order valence-electron chi connectivity index (χ2n) is 3.45. The molecule has 0 saturated carbocycles. The van der Waals surface area contributed by atoms with Gasteiger partial charge >= 0.3 is 5.69 Å². The molecule has 0 spiro atoms. The Morgan fingerprint density at radius 2 is 2.25 bits per heavy atom. The van der Waals surface area contributed by atoms with E-state index < -0.39 is 29.7 Å². The molecule has 1 fully saturated rings. The summed E-state index contributed by atoms with van der Waals surface area (Å²) in [7, 11) is 0.